The Balaban J connectivity index is 2.16. The minimum Gasteiger partial charge on any atom is -0.470 e. The van der Waals surface area contributed by atoms with Gasteiger partial charge in [0.15, 0.2) is 12.0 Å². The van der Waals surface area contributed by atoms with Gasteiger partial charge in [0.1, 0.15) is 6.61 Å². The molecule has 0 fully saturated rings. The van der Waals surface area contributed by atoms with Gasteiger partial charge in [-0.05, 0) is 12.1 Å². The van der Waals surface area contributed by atoms with Crippen molar-refractivity contribution in [2.75, 3.05) is 13.7 Å². The summed E-state index contributed by atoms with van der Waals surface area (Å²) in [5.74, 6) is 1.17. The predicted octanol–water partition coefficient (Wildman–Crippen LogP) is 1.03. The molecule has 0 radical (unpaired) electrons. The summed E-state index contributed by atoms with van der Waals surface area (Å²) >= 11 is 0. The highest BCUT2D eigenvalue weighted by Gasteiger charge is 2.20. The van der Waals surface area contributed by atoms with Crippen LogP contribution in [0.2, 0.25) is 0 Å². The predicted molar refractivity (Wildman–Crippen MR) is 42.0 cm³/mol. The van der Waals surface area contributed by atoms with Gasteiger partial charge in [0.2, 0.25) is 0 Å². The maximum Gasteiger partial charge on any atom is 0.255 e. The van der Waals surface area contributed by atoms with Crippen LogP contribution in [0, 0.1) is 0 Å². The van der Waals surface area contributed by atoms with Gasteiger partial charge in [-0.1, -0.05) is 0 Å². The molecular formula is C8H9NO3. The van der Waals surface area contributed by atoms with E-state index in [0.717, 1.165) is 0 Å². The number of hydrogen-bond acceptors (Lipinski definition) is 4. The molecular weight excluding hydrogens is 158 g/mol. The second-order valence-electron chi connectivity index (χ2n) is 2.41. The van der Waals surface area contributed by atoms with Gasteiger partial charge in [0, 0.05) is 7.11 Å². The molecule has 1 aromatic heterocycles. The minimum atomic E-state index is -0.190. The van der Waals surface area contributed by atoms with Crippen molar-refractivity contribution in [1.29, 1.82) is 0 Å². The van der Waals surface area contributed by atoms with E-state index in [0.29, 0.717) is 18.3 Å². The van der Waals surface area contributed by atoms with Crippen LogP contribution in [0.3, 0.4) is 0 Å². The Kier molecular flexibility index (Phi) is 1.83. The molecule has 0 saturated heterocycles. The van der Waals surface area contributed by atoms with Crippen molar-refractivity contribution in [2.45, 2.75) is 6.23 Å². The molecule has 0 N–H and O–H groups in total. The summed E-state index contributed by atoms with van der Waals surface area (Å²) in [6.07, 6.45) is 1.39. The van der Waals surface area contributed by atoms with E-state index in [-0.39, 0.29) is 6.23 Å². The summed E-state index contributed by atoms with van der Waals surface area (Å²) in [5.41, 5.74) is 0. The molecule has 1 aromatic rings. The van der Waals surface area contributed by atoms with Crippen LogP contribution in [0.4, 0.5) is 0 Å². The summed E-state index contributed by atoms with van der Waals surface area (Å²) in [6, 6.07) is 3.60. The fraction of sp³-hybridized carbons (Fsp3) is 0.375. The number of rotatable bonds is 2. The number of hydrogen-bond donors (Lipinski definition) is 0. The molecule has 0 aliphatic carbocycles. The summed E-state index contributed by atoms with van der Waals surface area (Å²) in [6.45, 7) is 0.465. The lowest BCUT2D eigenvalue weighted by Gasteiger charge is -1.98. The normalized spacial score (nSPS) is 22.1. The monoisotopic (exact) mass is 167 g/mol. The van der Waals surface area contributed by atoms with Crippen LogP contribution >= 0.6 is 0 Å². The van der Waals surface area contributed by atoms with E-state index in [1.165, 1.54) is 0 Å². The number of ether oxygens (including phenoxy) is 2. The third kappa shape index (κ3) is 1.21. The number of aliphatic imine (C=N–C) groups is 1. The summed E-state index contributed by atoms with van der Waals surface area (Å²) in [7, 11) is 1.60. The van der Waals surface area contributed by atoms with Gasteiger partial charge < -0.3 is 13.9 Å². The Labute approximate surface area is 69.8 Å². The van der Waals surface area contributed by atoms with Gasteiger partial charge in [-0.25, -0.2) is 4.99 Å². The van der Waals surface area contributed by atoms with Gasteiger partial charge in [-0.3, -0.25) is 0 Å². The van der Waals surface area contributed by atoms with Gasteiger partial charge in [0.25, 0.3) is 5.90 Å². The van der Waals surface area contributed by atoms with Crippen LogP contribution in [0.25, 0.3) is 0 Å². The first-order chi connectivity index (χ1) is 5.90. The van der Waals surface area contributed by atoms with E-state index in [4.69, 9.17) is 13.9 Å². The molecule has 1 atom stereocenters. The molecule has 0 aromatic carbocycles. The van der Waals surface area contributed by atoms with Gasteiger partial charge in [-0.2, -0.15) is 0 Å². The Morgan fingerprint density at radius 2 is 2.58 bits per heavy atom. The molecule has 12 heavy (non-hydrogen) atoms. The van der Waals surface area contributed by atoms with Crippen LogP contribution in [-0.2, 0) is 9.47 Å². The Bertz CT molecular complexity index is 279. The molecule has 4 heteroatoms. The van der Waals surface area contributed by atoms with Crippen molar-refractivity contribution in [3.8, 4) is 0 Å². The SMILES string of the molecule is COC1COC(c2ccco2)=N1. The summed E-state index contributed by atoms with van der Waals surface area (Å²) in [5, 5.41) is 0. The van der Waals surface area contributed by atoms with Crippen molar-refractivity contribution in [1.82, 2.24) is 0 Å². The number of methoxy groups -OCH3 is 1. The Morgan fingerprint density at radius 1 is 1.67 bits per heavy atom. The first-order valence-electron chi connectivity index (χ1n) is 3.67. The standard InChI is InChI=1S/C8H9NO3/c1-10-7-5-12-8(9-7)6-3-2-4-11-6/h2-4,7H,5H2,1H3. The molecule has 1 aliphatic rings. The van der Waals surface area contributed by atoms with Crippen LogP contribution in [0.15, 0.2) is 27.8 Å². The molecule has 0 amide bonds. The molecule has 4 nitrogen and oxygen atoms in total. The molecule has 2 rings (SSSR count). The molecule has 0 bridgehead atoms. The highest BCUT2D eigenvalue weighted by molar-refractivity contribution is 5.92. The second-order valence-corrected chi connectivity index (χ2v) is 2.41. The maximum atomic E-state index is 5.23. The van der Waals surface area contributed by atoms with Crippen molar-refractivity contribution in [3.05, 3.63) is 24.2 Å². The molecule has 0 spiro atoms. The second kappa shape index (κ2) is 2.98. The fourth-order valence-corrected chi connectivity index (χ4v) is 1.01. The van der Waals surface area contributed by atoms with E-state index < -0.39 is 0 Å². The summed E-state index contributed by atoms with van der Waals surface area (Å²) < 4.78 is 15.3. The van der Waals surface area contributed by atoms with E-state index in [2.05, 4.69) is 4.99 Å². The van der Waals surface area contributed by atoms with Crippen molar-refractivity contribution in [3.63, 3.8) is 0 Å². The Morgan fingerprint density at radius 3 is 3.17 bits per heavy atom. The van der Waals surface area contributed by atoms with E-state index in [9.17, 15) is 0 Å². The first-order valence-corrected chi connectivity index (χ1v) is 3.67. The van der Waals surface area contributed by atoms with Crippen LogP contribution < -0.4 is 0 Å². The third-order valence-corrected chi connectivity index (χ3v) is 1.63. The van der Waals surface area contributed by atoms with Crippen molar-refractivity contribution in [2.24, 2.45) is 4.99 Å². The zero-order valence-corrected chi connectivity index (χ0v) is 6.69. The topological polar surface area (TPSA) is 44.0 Å². The average Bonchev–Trinajstić information content (AvgIpc) is 2.75. The Hall–Kier alpha value is -1.29. The zero-order valence-electron chi connectivity index (χ0n) is 6.69. The highest BCUT2D eigenvalue weighted by Crippen LogP contribution is 2.12. The highest BCUT2D eigenvalue weighted by atomic mass is 16.6. The molecule has 0 saturated carbocycles. The number of furan rings is 1. The van der Waals surface area contributed by atoms with Gasteiger partial charge >= 0.3 is 0 Å². The lowest BCUT2D eigenvalue weighted by Crippen LogP contribution is -2.07. The molecule has 64 valence electrons. The largest absolute Gasteiger partial charge is 0.470 e. The molecule has 1 aliphatic heterocycles. The van der Waals surface area contributed by atoms with Crippen LogP contribution in [-0.4, -0.2) is 25.8 Å². The quantitative estimate of drug-likeness (QED) is 0.660. The van der Waals surface area contributed by atoms with Gasteiger partial charge in [0.05, 0.1) is 6.26 Å². The number of nitrogens with zero attached hydrogens (tertiary/aromatic N) is 1. The lowest BCUT2D eigenvalue weighted by molar-refractivity contribution is 0.0832. The average molecular weight is 167 g/mol. The zero-order chi connectivity index (χ0) is 8.39. The summed E-state index contributed by atoms with van der Waals surface area (Å²) in [4.78, 5) is 4.13. The lowest BCUT2D eigenvalue weighted by atomic mass is 10.4. The molecule has 2 heterocycles. The van der Waals surface area contributed by atoms with Crippen LogP contribution in [0.5, 0.6) is 0 Å². The van der Waals surface area contributed by atoms with E-state index in [1.54, 1.807) is 25.5 Å². The van der Waals surface area contributed by atoms with Crippen molar-refractivity contribution < 1.29 is 13.9 Å². The van der Waals surface area contributed by atoms with E-state index in [1.807, 2.05) is 0 Å². The first kappa shape index (κ1) is 7.36. The van der Waals surface area contributed by atoms with Crippen LogP contribution in [0.1, 0.15) is 5.76 Å². The smallest absolute Gasteiger partial charge is 0.255 e. The van der Waals surface area contributed by atoms with Crippen molar-refractivity contribution >= 4 is 5.90 Å². The van der Waals surface area contributed by atoms with Gasteiger partial charge in [-0.15, -0.1) is 0 Å². The van der Waals surface area contributed by atoms with E-state index >= 15 is 0 Å². The molecule has 1 unspecified atom stereocenters. The maximum absolute atomic E-state index is 5.23. The third-order valence-electron chi connectivity index (χ3n) is 1.63. The fourth-order valence-electron chi connectivity index (χ4n) is 1.01. The minimum absolute atomic E-state index is 0.190.